The average molecular weight is 409 g/mol. The molecule has 2 aromatic heterocycles. The standard InChI is InChI=1S/C15H10Cl2N6O2S/c16-13-6-5-12(14(17)21-13)26(24,25)22-10-3-1-2-4-11(10)23-15(19)9(7-18)8-20-23/h1-6,8,22H,19H2. The quantitative estimate of drug-likeness (QED) is 0.638. The van der Waals surface area contributed by atoms with Gasteiger partial charge in [0.2, 0.25) is 0 Å². The van der Waals surface area contributed by atoms with Gasteiger partial charge in [-0.15, -0.1) is 0 Å². The van der Waals surface area contributed by atoms with Gasteiger partial charge in [-0.3, -0.25) is 4.72 Å². The number of nitrogens with two attached hydrogens (primary N) is 1. The number of nitriles is 1. The van der Waals surface area contributed by atoms with E-state index in [1.54, 1.807) is 18.2 Å². The van der Waals surface area contributed by atoms with Crippen LogP contribution < -0.4 is 10.5 Å². The molecule has 0 aliphatic heterocycles. The number of benzene rings is 1. The van der Waals surface area contributed by atoms with Gasteiger partial charge in [0, 0.05) is 0 Å². The highest BCUT2D eigenvalue weighted by molar-refractivity contribution is 7.92. The topological polar surface area (TPSA) is 127 Å². The summed E-state index contributed by atoms with van der Waals surface area (Å²) < 4.78 is 29.0. The Kier molecular flexibility index (Phi) is 4.73. The number of nitrogen functional groups attached to an aromatic ring is 1. The van der Waals surface area contributed by atoms with Gasteiger partial charge in [-0.25, -0.2) is 18.1 Å². The summed E-state index contributed by atoms with van der Waals surface area (Å²) in [5.41, 5.74) is 6.59. The number of aromatic nitrogens is 3. The highest BCUT2D eigenvalue weighted by atomic mass is 35.5. The molecule has 0 aliphatic rings. The summed E-state index contributed by atoms with van der Waals surface area (Å²) in [4.78, 5) is 3.50. The van der Waals surface area contributed by atoms with E-state index in [1.165, 1.54) is 29.1 Å². The van der Waals surface area contributed by atoms with Gasteiger partial charge >= 0.3 is 0 Å². The minimum absolute atomic E-state index is 0.0719. The number of nitrogens with zero attached hydrogens (tertiary/aromatic N) is 4. The molecule has 0 aliphatic carbocycles. The van der Waals surface area contributed by atoms with Gasteiger partial charge in [-0.1, -0.05) is 35.3 Å². The van der Waals surface area contributed by atoms with Gasteiger partial charge < -0.3 is 5.73 Å². The summed E-state index contributed by atoms with van der Waals surface area (Å²) in [6.45, 7) is 0. The van der Waals surface area contributed by atoms with E-state index in [0.717, 1.165) is 0 Å². The zero-order valence-corrected chi connectivity index (χ0v) is 15.2. The Morgan fingerprint density at radius 1 is 1.19 bits per heavy atom. The number of anilines is 2. The molecule has 3 N–H and O–H groups in total. The van der Waals surface area contributed by atoms with Gasteiger partial charge in [0.1, 0.15) is 27.5 Å². The van der Waals surface area contributed by atoms with Crippen molar-refractivity contribution in [2.24, 2.45) is 0 Å². The number of hydrogen-bond acceptors (Lipinski definition) is 6. The van der Waals surface area contributed by atoms with Crippen LogP contribution in [0.4, 0.5) is 11.5 Å². The smallest absolute Gasteiger partial charge is 0.265 e. The average Bonchev–Trinajstić information content (AvgIpc) is 2.95. The van der Waals surface area contributed by atoms with E-state index in [2.05, 4.69) is 14.8 Å². The zero-order chi connectivity index (χ0) is 18.9. The highest BCUT2D eigenvalue weighted by Gasteiger charge is 2.22. The molecule has 132 valence electrons. The lowest BCUT2D eigenvalue weighted by molar-refractivity contribution is 0.601. The fourth-order valence-electron chi connectivity index (χ4n) is 2.18. The lowest BCUT2D eigenvalue weighted by Crippen LogP contribution is -2.16. The van der Waals surface area contributed by atoms with Crippen molar-refractivity contribution in [3.8, 4) is 11.8 Å². The molecule has 0 amide bonds. The van der Waals surface area contributed by atoms with Crippen LogP contribution in [0.2, 0.25) is 10.3 Å². The van der Waals surface area contributed by atoms with E-state index in [4.69, 9.17) is 34.2 Å². The predicted molar refractivity (Wildman–Crippen MR) is 97.8 cm³/mol. The van der Waals surface area contributed by atoms with Gasteiger partial charge in [0.25, 0.3) is 10.0 Å². The molecule has 0 unspecified atom stereocenters. The molecule has 3 aromatic rings. The van der Waals surface area contributed by atoms with Crippen LogP contribution in [-0.2, 0) is 10.0 Å². The molecule has 26 heavy (non-hydrogen) atoms. The molecule has 2 heterocycles. The first kappa shape index (κ1) is 18.0. The van der Waals surface area contributed by atoms with Gasteiger partial charge in [-0.05, 0) is 24.3 Å². The number of hydrogen-bond donors (Lipinski definition) is 2. The fraction of sp³-hybridized carbons (Fsp3) is 0. The summed E-state index contributed by atoms with van der Waals surface area (Å²) in [7, 11) is -4.05. The Balaban J connectivity index is 2.06. The van der Waals surface area contributed by atoms with Crippen molar-refractivity contribution in [3.63, 3.8) is 0 Å². The molecule has 0 bridgehead atoms. The van der Waals surface area contributed by atoms with Gasteiger partial charge in [0.15, 0.2) is 5.15 Å². The molecule has 0 fully saturated rings. The maximum absolute atomic E-state index is 12.7. The van der Waals surface area contributed by atoms with Crippen molar-refractivity contribution in [2.75, 3.05) is 10.5 Å². The summed E-state index contributed by atoms with van der Waals surface area (Å²) in [6, 6.07) is 10.9. The van der Waals surface area contributed by atoms with E-state index >= 15 is 0 Å². The molecule has 0 saturated heterocycles. The van der Waals surface area contributed by atoms with E-state index in [9.17, 15) is 8.42 Å². The third-order valence-electron chi connectivity index (χ3n) is 3.37. The molecule has 3 rings (SSSR count). The number of pyridine rings is 1. The first-order chi connectivity index (χ1) is 12.3. The molecule has 0 radical (unpaired) electrons. The minimum atomic E-state index is -4.05. The zero-order valence-electron chi connectivity index (χ0n) is 12.9. The Bertz CT molecular complexity index is 1140. The maximum Gasteiger partial charge on any atom is 0.265 e. The molecule has 11 heteroatoms. The Morgan fingerprint density at radius 3 is 2.58 bits per heavy atom. The Hall–Kier alpha value is -2.80. The molecule has 0 saturated carbocycles. The number of halogens is 2. The van der Waals surface area contributed by atoms with Crippen molar-refractivity contribution in [3.05, 3.63) is 58.5 Å². The van der Waals surface area contributed by atoms with Crippen LogP contribution in [0.15, 0.2) is 47.5 Å². The van der Waals surface area contributed by atoms with E-state index in [1.807, 2.05) is 6.07 Å². The molecular formula is C15H10Cl2N6O2S. The Morgan fingerprint density at radius 2 is 1.92 bits per heavy atom. The molecular weight excluding hydrogens is 399 g/mol. The van der Waals surface area contributed by atoms with Gasteiger partial charge in [0.05, 0.1) is 17.6 Å². The molecule has 0 spiro atoms. The van der Waals surface area contributed by atoms with Gasteiger partial charge in [-0.2, -0.15) is 10.4 Å². The van der Waals surface area contributed by atoms with Crippen LogP contribution >= 0.6 is 23.2 Å². The SMILES string of the molecule is N#Cc1cnn(-c2ccccc2NS(=O)(=O)c2ccc(Cl)nc2Cl)c1N. The summed E-state index contributed by atoms with van der Waals surface area (Å²) in [5, 5.41) is 12.9. The monoisotopic (exact) mass is 408 g/mol. The van der Waals surface area contributed by atoms with Crippen molar-refractivity contribution in [2.45, 2.75) is 4.90 Å². The van der Waals surface area contributed by atoms with Crippen molar-refractivity contribution < 1.29 is 8.42 Å². The van der Waals surface area contributed by atoms with Crippen molar-refractivity contribution in [1.29, 1.82) is 5.26 Å². The van der Waals surface area contributed by atoms with Crippen molar-refractivity contribution >= 4 is 44.7 Å². The number of nitrogens with one attached hydrogen (secondary N) is 1. The van der Waals surface area contributed by atoms with Crippen LogP contribution in [0.25, 0.3) is 5.69 Å². The lowest BCUT2D eigenvalue weighted by Gasteiger charge is -2.14. The third-order valence-corrected chi connectivity index (χ3v) is 5.38. The number of sulfonamides is 1. The molecule has 8 nitrogen and oxygen atoms in total. The normalized spacial score (nSPS) is 11.1. The second-order valence-electron chi connectivity index (χ2n) is 5.01. The van der Waals surface area contributed by atoms with Crippen LogP contribution in [0.1, 0.15) is 5.56 Å². The van der Waals surface area contributed by atoms with E-state index in [-0.39, 0.29) is 32.3 Å². The first-order valence-electron chi connectivity index (χ1n) is 7.01. The number of rotatable bonds is 4. The van der Waals surface area contributed by atoms with Crippen molar-refractivity contribution in [1.82, 2.24) is 14.8 Å². The largest absolute Gasteiger partial charge is 0.382 e. The fourth-order valence-corrected chi connectivity index (χ4v) is 3.92. The Labute approximate surface area is 158 Å². The molecule has 0 atom stereocenters. The summed E-state index contributed by atoms with van der Waals surface area (Å²) in [5.74, 6) is 0.0883. The molecule has 1 aromatic carbocycles. The summed E-state index contributed by atoms with van der Waals surface area (Å²) in [6.07, 6.45) is 1.29. The van der Waals surface area contributed by atoms with Crippen LogP contribution in [0, 0.1) is 11.3 Å². The van der Waals surface area contributed by atoms with Crippen LogP contribution in [0.5, 0.6) is 0 Å². The van der Waals surface area contributed by atoms with Crippen LogP contribution in [-0.4, -0.2) is 23.2 Å². The maximum atomic E-state index is 12.7. The number of para-hydroxylation sites is 2. The first-order valence-corrected chi connectivity index (χ1v) is 9.25. The van der Waals surface area contributed by atoms with Crippen LogP contribution in [0.3, 0.4) is 0 Å². The highest BCUT2D eigenvalue weighted by Crippen LogP contribution is 2.28. The van der Waals surface area contributed by atoms with E-state index in [0.29, 0.717) is 5.69 Å². The third kappa shape index (κ3) is 3.30. The second-order valence-corrected chi connectivity index (χ2v) is 7.41. The predicted octanol–water partition coefficient (Wildman–Crippen LogP) is 2.83. The second kappa shape index (κ2) is 6.84. The minimum Gasteiger partial charge on any atom is -0.382 e. The van der Waals surface area contributed by atoms with E-state index < -0.39 is 10.0 Å². The lowest BCUT2D eigenvalue weighted by atomic mass is 10.2. The summed E-state index contributed by atoms with van der Waals surface area (Å²) >= 11 is 11.6.